The number of nitrogens with one attached hydrogen (secondary N) is 1. The molecule has 0 saturated carbocycles. The van der Waals surface area contributed by atoms with E-state index in [1.54, 1.807) is 19.1 Å². The molecule has 2 aromatic carbocycles. The molecule has 0 saturated heterocycles. The Morgan fingerprint density at radius 3 is 2.52 bits per heavy atom. The second-order valence-corrected chi connectivity index (χ2v) is 5.10. The van der Waals surface area contributed by atoms with Crippen LogP contribution in [0.1, 0.15) is 12.5 Å². The minimum Gasteiger partial charge on any atom is -0.481 e. The quantitative estimate of drug-likeness (QED) is 0.919. The molecule has 3 nitrogen and oxygen atoms in total. The van der Waals surface area contributed by atoms with Gasteiger partial charge in [-0.15, -0.1) is 0 Å². The second kappa shape index (κ2) is 6.59. The van der Waals surface area contributed by atoms with Crippen molar-refractivity contribution in [3.63, 3.8) is 0 Å². The number of ether oxygens (including phenoxy) is 1. The summed E-state index contributed by atoms with van der Waals surface area (Å²) in [7, 11) is 0. The van der Waals surface area contributed by atoms with Crippen molar-refractivity contribution in [3.8, 4) is 5.75 Å². The van der Waals surface area contributed by atoms with Crippen molar-refractivity contribution >= 4 is 23.2 Å². The lowest BCUT2D eigenvalue weighted by Crippen LogP contribution is -2.30. The van der Waals surface area contributed by atoms with Crippen LogP contribution in [-0.2, 0) is 4.79 Å². The molecular weight excluding hydrogens is 293 g/mol. The molecule has 110 valence electrons. The Hall–Kier alpha value is -2.07. The van der Waals surface area contributed by atoms with Crippen molar-refractivity contribution in [1.82, 2.24) is 0 Å². The molecule has 0 radical (unpaired) electrons. The van der Waals surface area contributed by atoms with E-state index in [-0.39, 0.29) is 10.9 Å². The van der Waals surface area contributed by atoms with E-state index in [1.165, 1.54) is 18.2 Å². The normalized spacial score (nSPS) is 11.8. The fraction of sp³-hybridized carbons (Fsp3) is 0.188. The Balaban J connectivity index is 1.98. The number of aryl methyl sites for hydroxylation is 1. The van der Waals surface area contributed by atoms with Gasteiger partial charge in [-0.1, -0.05) is 29.3 Å². The topological polar surface area (TPSA) is 38.3 Å². The molecule has 1 unspecified atom stereocenters. The smallest absolute Gasteiger partial charge is 0.265 e. The van der Waals surface area contributed by atoms with Gasteiger partial charge < -0.3 is 10.1 Å². The van der Waals surface area contributed by atoms with Crippen LogP contribution in [0.15, 0.2) is 42.5 Å². The van der Waals surface area contributed by atoms with Crippen LogP contribution in [0.5, 0.6) is 5.75 Å². The largest absolute Gasteiger partial charge is 0.481 e. The third-order valence-electron chi connectivity index (χ3n) is 2.89. The number of rotatable bonds is 4. The van der Waals surface area contributed by atoms with Gasteiger partial charge in [-0.05, 0) is 44.2 Å². The summed E-state index contributed by atoms with van der Waals surface area (Å²) < 4.78 is 18.6. The van der Waals surface area contributed by atoms with Crippen LogP contribution >= 0.6 is 11.6 Å². The highest BCUT2D eigenvalue weighted by Crippen LogP contribution is 2.20. The predicted molar refractivity (Wildman–Crippen MR) is 81.3 cm³/mol. The fourth-order valence-corrected chi connectivity index (χ4v) is 1.87. The molecule has 1 N–H and O–H groups in total. The molecule has 0 spiro atoms. The van der Waals surface area contributed by atoms with Crippen molar-refractivity contribution < 1.29 is 13.9 Å². The third-order valence-corrected chi connectivity index (χ3v) is 3.18. The minimum atomic E-state index is -0.684. The maximum atomic E-state index is 13.0. The second-order valence-electron chi connectivity index (χ2n) is 4.69. The number of halogens is 2. The first kappa shape index (κ1) is 15.3. The average Bonchev–Trinajstić information content (AvgIpc) is 2.45. The van der Waals surface area contributed by atoms with Crippen LogP contribution < -0.4 is 10.1 Å². The molecule has 1 atom stereocenters. The Kier molecular flexibility index (Phi) is 4.81. The van der Waals surface area contributed by atoms with Gasteiger partial charge in [-0.3, -0.25) is 4.79 Å². The first-order valence-electron chi connectivity index (χ1n) is 6.45. The average molecular weight is 308 g/mol. The first-order valence-corrected chi connectivity index (χ1v) is 6.83. The molecule has 5 heteroatoms. The van der Waals surface area contributed by atoms with Gasteiger partial charge in [-0.2, -0.15) is 0 Å². The van der Waals surface area contributed by atoms with Crippen molar-refractivity contribution in [1.29, 1.82) is 0 Å². The molecule has 2 aromatic rings. The highest BCUT2D eigenvalue weighted by Gasteiger charge is 2.15. The number of hydrogen-bond acceptors (Lipinski definition) is 2. The Labute approximate surface area is 127 Å². The SMILES string of the molecule is Cc1ccc(OC(C)C(=O)Nc2ccc(F)c(Cl)c2)cc1. The van der Waals surface area contributed by atoms with E-state index in [0.717, 1.165) is 5.56 Å². The van der Waals surface area contributed by atoms with Gasteiger partial charge in [0.25, 0.3) is 5.91 Å². The van der Waals surface area contributed by atoms with Crippen molar-refractivity contribution in [2.24, 2.45) is 0 Å². The van der Waals surface area contributed by atoms with Gasteiger partial charge in [0.1, 0.15) is 11.6 Å². The van der Waals surface area contributed by atoms with E-state index in [9.17, 15) is 9.18 Å². The van der Waals surface area contributed by atoms with Crippen LogP contribution in [0.25, 0.3) is 0 Å². The predicted octanol–water partition coefficient (Wildman–Crippen LogP) is 4.19. The van der Waals surface area contributed by atoms with Crippen molar-refractivity contribution in [3.05, 3.63) is 58.9 Å². The standard InChI is InChI=1S/C16H15ClFNO2/c1-10-3-6-13(7-4-10)21-11(2)16(20)19-12-5-8-15(18)14(17)9-12/h3-9,11H,1-2H3,(H,19,20). The van der Waals surface area contributed by atoms with E-state index >= 15 is 0 Å². The maximum absolute atomic E-state index is 13.0. The molecule has 1 amide bonds. The molecule has 21 heavy (non-hydrogen) atoms. The van der Waals surface area contributed by atoms with E-state index in [2.05, 4.69) is 5.32 Å². The third kappa shape index (κ3) is 4.20. The van der Waals surface area contributed by atoms with E-state index in [0.29, 0.717) is 11.4 Å². The molecule has 2 rings (SSSR count). The van der Waals surface area contributed by atoms with Gasteiger partial charge >= 0.3 is 0 Å². The molecule has 0 bridgehead atoms. The fourth-order valence-electron chi connectivity index (χ4n) is 1.69. The lowest BCUT2D eigenvalue weighted by molar-refractivity contribution is -0.122. The summed E-state index contributed by atoms with van der Waals surface area (Å²) in [4.78, 5) is 12.0. The Morgan fingerprint density at radius 2 is 1.90 bits per heavy atom. The lowest BCUT2D eigenvalue weighted by Gasteiger charge is -2.15. The summed E-state index contributed by atoms with van der Waals surface area (Å²) in [6, 6.07) is 11.4. The number of carbonyl (C=O) groups is 1. The highest BCUT2D eigenvalue weighted by molar-refractivity contribution is 6.31. The lowest BCUT2D eigenvalue weighted by atomic mass is 10.2. The molecule has 0 aliphatic heterocycles. The zero-order valence-electron chi connectivity index (χ0n) is 11.7. The minimum absolute atomic E-state index is 0.0418. The summed E-state index contributed by atoms with van der Waals surface area (Å²) in [6.45, 7) is 3.61. The van der Waals surface area contributed by atoms with Gasteiger partial charge in [0.2, 0.25) is 0 Å². The Bertz CT molecular complexity index is 643. The highest BCUT2D eigenvalue weighted by atomic mass is 35.5. The van der Waals surface area contributed by atoms with E-state index < -0.39 is 11.9 Å². The van der Waals surface area contributed by atoms with Crippen LogP contribution in [0.3, 0.4) is 0 Å². The summed E-state index contributed by atoms with van der Waals surface area (Å²) in [5, 5.41) is 2.58. The van der Waals surface area contributed by atoms with Gasteiger partial charge in [0.15, 0.2) is 6.10 Å². The number of benzene rings is 2. The molecule has 0 aliphatic rings. The van der Waals surface area contributed by atoms with E-state index in [4.69, 9.17) is 16.3 Å². The number of anilines is 1. The van der Waals surface area contributed by atoms with Gasteiger partial charge in [-0.25, -0.2) is 4.39 Å². The molecule has 0 heterocycles. The number of carbonyl (C=O) groups excluding carboxylic acids is 1. The molecular formula is C16H15ClFNO2. The molecule has 0 aliphatic carbocycles. The zero-order valence-corrected chi connectivity index (χ0v) is 12.4. The van der Waals surface area contributed by atoms with Gasteiger partial charge in [0.05, 0.1) is 5.02 Å². The Morgan fingerprint density at radius 1 is 1.24 bits per heavy atom. The summed E-state index contributed by atoms with van der Waals surface area (Å²) in [6.07, 6.45) is -0.684. The first-order chi connectivity index (χ1) is 9.95. The summed E-state index contributed by atoms with van der Waals surface area (Å²) in [5.41, 5.74) is 1.53. The monoisotopic (exact) mass is 307 g/mol. The maximum Gasteiger partial charge on any atom is 0.265 e. The van der Waals surface area contributed by atoms with Gasteiger partial charge in [0, 0.05) is 5.69 Å². The molecule has 0 aromatic heterocycles. The van der Waals surface area contributed by atoms with Crippen LogP contribution in [0, 0.1) is 12.7 Å². The number of amides is 1. The van der Waals surface area contributed by atoms with Crippen molar-refractivity contribution in [2.75, 3.05) is 5.32 Å². The van der Waals surface area contributed by atoms with Crippen LogP contribution in [0.2, 0.25) is 5.02 Å². The van der Waals surface area contributed by atoms with Crippen LogP contribution in [0.4, 0.5) is 10.1 Å². The zero-order chi connectivity index (χ0) is 15.4. The van der Waals surface area contributed by atoms with E-state index in [1.807, 2.05) is 19.1 Å². The molecule has 0 fully saturated rings. The van der Waals surface area contributed by atoms with Crippen molar-refractivity contribution in [2.45, 2.75) is 20.0 Å². The van der Waals surface area contributed by atoms with Crippen LogP contribution in [-0.4, -0.2) is 12.0 Å². The summed E-state index contributed by atoms with van der Waals surface area (Å²) >= 11 is 5.66. The number of hydrogen-bond donors (Lipinski definition) is 1. The summed E-state index contributed by atoms with van der Waals surface area (Å²) in [5.74, 6) is -0.253.